The summed E-state index contributed by atoms with van der Waals surface area (Å²) < 4.78 is 0. The van der Waals surface area contributed by atoms with Gasteiger partial charge in [0.25, 0.3) is 0 Å². The molecular weight excluding hydrogens is 414 g/mol. The lowest BCUT2D eigenvalue weighted by atomic mass is 10.1. The van der Waals surface area contributed by atoms with Crippen LogP contribution in [0.25, 0.3) is 17.3 Å². The molecule has 2 heterocycles. The number of nitrogen functional groups attached to an aromatic ring is 1. The number of amides is 1. The monoisotopic (exact) mass is 441 g/mol. The molecule has 0 spiro atoms. The normalized spacial score (nSPS) is 10.6. The number of hydrogen-bond donors (Lipinski definition) is 3. The zero-order chi connectivity index (χ0) is 23.3. The molecular formula is C25H27N7O. The van der Waals surface area contributed by atoms with E-state index in [2.05, 4.69) is 31.7 Å². The standard InChI is InChI=1S/C25H27N7O/c26-17-19-7-10-21(11-8-19)22-16-23(32-25(27)31-22)29-14-3-1-2-4-15-30-24(33)12-9-20-6-5-13-28-18-20/h5-13,16,18H,1-4,14-15H2,(H,30,33)(H3,27,29,31,32)/b12-9+. The minimum Gasteiger partial charge on any atom is -0.370 e. The van der Waals surface area contributed by atoms with E-state index in [0.29, 0.717) is 23.6 Å². The van der Waals surface area contributed by atoms with Crippen LogP contribution in [0.2, 0.25) is 0 Å². The van der Waals surface area contributed by atoms with E-state index in [-0.39, 0.29) is 11.9 Å². The number of nitrogens with one attached hydrogen (secondary N) is 2. The summed E-state index contributed by atoms with van der Waals surface area (Å²) in [7, 11) is 0. The van der Waals surface area contributed by atoms with E-state index in [1.807, 2.05) is 30.3 Å². The molecule has 0 saturated carbocycles. The Morgan fingerprint density at radius 1 is 1.06 bits per heavy atom. The molecule has 33 heavy (non-hydrogen) atoms. The van der Waals surface area contributed by atoms with Crippen LogP contribution in [-0.4, -0.2) is 33.9 Å². The molecule has 3 rings (SSSR count). The maximum Gasteiger partial charge on any atom is 0.243 e. The number of anilines is 2. The maximum absolute atomic E-state index is 11.8. The molecule has 0 atom stereocenters. The fraction of sp³-hybridized carbons (Fsp3) is 0.240. The molecule has 0 fully saturated rings. The van der Waals surface area contributed by atoms with Crippen molar-refractivity contribution in [3.8, 4) is 17.3 Å². The van der Waals surface area contributed by atoms with E-state index in [0.717, 1.165) is 43.4 Å². The molecule has 0 radical (unpaired) electrons. The number of hydrogen-bond acceptors (Lipinski definition) is 7. The minimum absolute atomic E-state index is 0.0973. The maximum atomic E-state index is 11.8. The van der Waals surface area contributed by atoms with Crippen LogP contribution < -0.4 is 16.4 Å². The van der Waals surface area contributed by atoms with Crippen molar-refractivity contribution in [3.05, 3.63) is 72.1 Å². The Bertz CT molecular complexity index is 1110. The fourth-order valence-electron chi connectivity index (χ4n) is 3.16. The van der Waals surface area contributed by atoms with E-state index in [1.165, 1.54) is 6.08 Å². The van der Waals surface area contributed by atoms with Crippen LogP contribution in [0, 0.1) is 11.3 Å². The van der Waals surface area contributed by atoms with Gasteiger partial charge >= 0.3 is 0 Å². The zero-order valence-corrected chi connectivity index (χ0v) is 18.4. The Labute approximate surface area is 193 Å². The van der Waals surface area contributed by atoms with Gasteiger partial charge in [0.05, 0.1) is 17.3 Å². The first-order valence-electron chi connectivity index (χ1n) is 10.9. The highest BCUT2D eigenvalue weighted by Gasteiger charge is 2.05. The van der Waals surface area contributed by atoms with Crippen molar-refractivity contribution in [2.45, 2.75) is 25.7 Å². The van der Waals surface area contributed by atoms with Crippen molar-refractivity contribution in [1.29, 1.82) is 5.26 Å². The number of rotatable bonds is 11. The van der Waals surface area contributed by atoms with Crippen molar-refractivity contribution in [2.75, 3.05) is 24.1 Å². The van der Waals surface area contributed by atoms with Crippen molar-refractivity contribution in [2.24, 2.45) is 0 Å². The van der Waals surface area contributed by atoms with Gasteiger partial charge in [-0.2, -0.15) is 10.2 Å². The van der Waals surface area contributed by atoms with Gasteiger partial charge in [-0.05, 0) is 42.7 Å². The predicted octanol–water partition coefficient (Wildman–Crippen LogP) is 3.79. The lowest BCUT2D eigenvalue weighted by Gasteiger charge is -2.09. The van der Waals surface area contributed by atoms with E-state index in [4.69, 9.17) is 11.0 Å². The molecule has 0 aliphatic carbocycles. The van der Waals surface area contributed by atoms with Crippen LogP contribution >= 0.6 is 0 Å². The molecule has 168 valence electrons. The summed E-state index contributed by atoms with van der Waals surface area (Å²) in [4.78, 5) is 24.4. The first-order chi connectivity index (χ1) is 16.1. The van der Waals surface area contributed by atoms with Crippen LogP contribution in [0.1, 0.15) is 36.8 Å². The van der Waals surface area contributed by atoms with Crippen LogP contribution in [0.15, 0.2) is 60.9 Å². The second kappa shape index (κ2) is 12.6. The Kier molecular flexibility index (Phi) is 8.92. The fourth-order valence-corrected chi connectivity index (χ4v) is 3.16. The number of carbonyl (C=O) groups is 1. The molecule has 2 aromatic heterocycles. The van der Waals surface area contributed by atoms with Crippen LogP contribution in [0.3, 0.4) is 0 Å². The van der Waals surface area contributed by atoms with Gasteiger partial charge in [0, 0.05) is 43.2 Å². The van der Waals surface area contributed by atoms with E-state index >= 15 is 0 Å². The van der Waals surface area contributed by atoms with Gasteiger partial charge in [-0.25, -0.2) is 4.98 Å². The van der Waals surface area contributed by atoms with Crippen molar-refractivity contribution >= 4 is 23.7 Å². The van der Waals surface area contributed by atoms with Gasteiger partial charge in [-0.15, -0.1) is 0 Å². The number of nitriles is 1. The van der Waals surface area contributed by atoms with Gasteiger partial charge in [0.15, 0.2) is 0 Å². The number of carbonyl (C=O) groups excluding carboxylic acids is 1. The Hall–Kier alpha value is -4.25. The molecule has 1 aromatic carbocycles. The van der Waals surface area contributed by atoms with Crippen LogP contribution in [0.5, 0.6) is 0 Å². The Morgan fingerprint density at radius 3 is 2.58 bits per heavy atom. The van der Waals surface area contributed by atoms with Gasteiger partial charge in [-0.1, -0.05) is 31.0 Å². The number of aromatic nitrogens is 3. The largest absolute Gasteiger partial charge is 0.370 e. The van der Waals surface area contributed by atoms with E-state index in [1.54, 1.807) is 30.6 Å². The third kappa shape index (κ3) is 8.07. The molecule has 0 saturated heterocycles. The molecule has 8 nitrogen and oxygen atoms in total. The van der Waals surface area contributed by atoms with Gasteiger partial charge in [-0.3, -0.25) is 9.78 Å². The molecule has 0 aliphatic heterocycles. The van der Waals surface area contributed by atoms with E-state index < -0.39 is 0 Å². The molecule has 0 bridgehead atoms. The molecule has 0 unspecified atom stereocenters. The third-order valence-corrected chi connectivity index (χ3v) is 4.87. The Balaban J connectivity index is 1.32. The summed E-state index contributed by atoms with van der Waals surface area (Å²) in [5, 5.41) is 15.1. The highest BCUT2D eigenvalue weighted by atomic mass is 16.1. The smallest absolute Gasteiger partial charge is 0.243 e. The number of nitrogens with two attached hydrogens (primary N) is 1. The lowest BCUT2D eigenvalue weighted by Crippen LogP contribution is -2.22. The van der Waals surface area contributed by atoms with Crippen molar-refractivity contribution in [1.82, 2.24) is 20.3 Å². The molecule has 3 aromatic rings. The highest BCUT2D eigenvalue weighted by Crippen LogP contribution is 2.21. The molecule has 8 heteroatoms. The Morgan fingerprint density at radius 2 is 1.85 bits per heavy atom. The van der Waals surface area contributed by atoms with Crippen molar-refractivity contribution in [3.63, 3.8) is 0 Å². The number of benzene rings is 1. The van der Waals surface area contributed by atoms with Crippen LogP contribution in [0.4, 0.5) is 11.8 Å². The third-order valence-electron chi connectivity index (χ3n) is 4.87. The van der Waals surface area contributed by atoms with E-state index in [9.17, 15) is 4.79 Å². The van der Waals surface area contributed by atoms with Crippen LogP contribution in [-0.2, 0) is 4.79 Å². The quantitative estimate of drug-likeness (QED) is 0.305. The zero-order valence-electron chi connectivity index (χ0n) is 18.4. The SMILES string of the molecule is N#Cc1ccc(-c2cc(NCCCCCCNC(=O)/C=C/c3cccnc3)nc(N)n2)cc1. The summed E-state index contributed by atoms with van der Waals surface area (Å²) in [5.74, 6) is 0.780. The number of nitrogens with zero attached hydrogens (tertiary/aromatic N) is 4. The van der Waals surface area contributed by atoms with Crippen molar-refractivity contribution < 1.29 is 4.79 Å². The summed E-state index contributed by atoms with van der Waals surface area (Å²) in [6, 6.07) is 14.9. The number of pyridine rings is 1. The average molecular weight is 442 g/mol. The number of unbranched alkanes of at least 4 members (excludes halogenated alkanes) is 3. The first-order valence-corrected chi connectivity index (χ1v) is 10.9. The second-order valence-electron chi connectivity index (χ2n) is 7.44. The lowest BCUT2D eigenvalue weighted by molar-refractivity contribution is -0.116. The minimum atomic E-state index is -0.0973. The average Bonchev–Trinajstić information content (AvgIpc) is 2.84. The first kappa shape index (κ1) is 23.4. The summed E-state index contributed by atoms with van der Waals surface area (Å²) >= 11 is 0. The summed E-state index contributed by atoms with van der Waals surface area (Å²) in [6.07, 6.45) is 10.7. The second-order valence-corrected chi connectivity index (χ2v) is 7.44. The molecule has 0 aliphatic rings. The van der Waals surface area contributed by atoms with Gasteiger partial charge < -0.3 is 16.4 Å². The summed E-state index contributed by atoms with van der Waals surface area (Å²) in [5.41, 5.74) is 8.94. The topological polar surface area (TPSA) is 130 Å². The van der Waals surface area contributed by atoms with Gasteiger partial charge in [0.1, 0.15) is 5.82 Å². The highest BCUT2D eigenvalue weighted by molar-refractivity contribution is 5.91. The molecule has 4 N–H and O–H groups in total. The molecule has 1 amide bonds. The summed E-state index contributed by atoms with van der Waals surface area (Å²) in [6.45, 7) is 1.42. The predicted molar refractivity (Wildman–Crippen MR) is 130 cm³/mol. The van der Waals surface area contributed by atoms with Gasteiger partial charge in [0.2, 0.25) is 11.9 Å².